The van der Waals surface area contributed by atoms with E-state index >= 15 is 4.39 Å². The van der Waals surface area contributed by atoms with E-state index in [1.54, 1.807) is 41.4 Å². The van der Waals surface area contributed by atoms with E-state index in [9.17, 15) is 14.7 Å². The second-order valence-electron chi connectivity index (χ2n) is 8.72. The van der Waals surface area contributed by atoms with Gasteiger partial charge in [0, 0.05) is 29.6 Å². The Hall–Kier alpha value is -3.76. The van der Waals surface area contributed by atoms with E-state index in [1.165, 1.54) is 19.2 Å². The zero-order chi connectivity index (χ0) is 26.5. The van der Waals surface area contributed by atoms with Crippen LogP contribution in [0.2, 0.25) is 5.02 Å². The van der Waals surface area contributed by atoms with E-state index < -0.39 is 17.8 Å². The van der Waals surface area contributed by atoms with Crippen molar-refractivity contribution in [3.63, 3.8) is 0 Å². The Kier molecular flexibility index (Phi) is 8.20. The minimum atomic E-state index is -0.768. The third-order valence-electron chi connectivity index (χ3n) is 6.39. The van der Waals surface area contributed by atoms with Crippen LogP contribution in [0.25, 0.3) is 11.3 Å². The predicted molar refractivity (Wildman–Crippen MR) is 137 cm³/mol. The predicted octanol–water partition coefficient (Wildman–Crippen LogP) is 3.93. The van der Waals surface area contributed by atoms with E-state index in [4.69, 9.17) is 22.1 Å². The number of piperidine rings is 1. The Labute approximate surface area is 218 Å². The van der Waals surface area contributed by atoms with E-state index in [1.807, 2.05) is 0 Å². The fourth-order valence-corrected chi connectivity index (χ4v) is 4.55. The highest BCUT2D eigenvalue weighted by Crippen LogP contribution is 2.31. The van der Waals surface area contributed by atoms with Gasteiger partial charge in [0.05, 0.1) is 37.2 Å². The third kappa shape index (κ3) is 5.98. The molecule has 0 aliphatic carbocycles. The van der Waals surface area contributed by atoms with Crippen molar-refractivity contribution in [2.45, 2.75) is 24.8 Å². The van der Waals surface area contributed by atoms with Gasteiger partial charge in [0.1, 0.15) is 17.3 Å². The van der Waals surface area contributed by atoms with Gasteiger partial charge in [-0.05, 0) is 42.7 Å². The molecule has 1 fully saturated rings. The van der Waals surface area contributed by atoms with Gasteiger partial charge in [0.15, 0.2) is 0 Å². The highest BCUT2D eigenvalue weighted by Gasteiger charge is 2.26. The van der Waals surface area contributed by atoms with Crippen LogP contribution in [0.5, 0.6) is 0 Å². The van der Waals surface area contributed by atoms with Crippen LogP contribution in [0.3, 0.4) is 0 Å². The van der Waals surface area contributed by atoms with Crippen LogP contribution in [0.15, 0.2) is 48.7 Å². The molecular formula is C26H27ClFN5O4. The smallest absolute Gasteiger partial charge is 0.409 e. The lowest BCUT2D eigenvalue weighted by Crippen LogP contribution is -2.37. The normalized spacial score (nSPS) is 14.8. The molecule has 1 atom stereocenters. The number of benzene rings is 2. The van der Waals surface area contributed by atoms with E-state index in [2.05, 4.69) is 15.3 Å². The molecular weight excluding hydrogens is 501 g/mol. The summed E-state index contributed by atoms with van der Waals surface area (Å²) in [5, 5.41) is 12.8. The van der Waals surface area contributed by atoms with Gasteiger partial charge in [-0.2, -0.15) is 0 Å². The minimum Gasteiger partial charge on any atom is -0.453 e. The first-order valence-corrected chi connectivity index (χ1v) is 12.1. The van der Waals surface area contributed by atoms with Crippen molar-refractivity contribution < 1.29 is 23.8 Å². The average Bonchev–Trinajstić information content (AvgIpc) is 2.91. The summed E-state index contributed by atoms with van der Waals surface area (Å²) in [5.74, 6) is -1.26. The fraction of sp³-hybridized carbons (Fsp3) is 0.308. The number of rotatable bonds is 6. The number of nitrogens with two attached hydrogens (primary N) is 1. The zero-order valence-electron chi connectivity index (χ0n) is 20.2. The molecule has 37 heavy (non-hydrogen) atoms. The molecule has 4 N–H and O–H groups in total. The van der Waals surface area contributed by atoms with Gasteiger partial charge in [-0.3, -0.25) is 4.79 Å². The van der Waals surface area contributed by atoms with Gasteiger partial charge in [0.2, 0.25) is 0 Å². The Morgan fingerprint density at radius 3 is 2.68 bits per heavy atom. The number of ether oxygens (including phenoxy) is 1. The third-order valence-corrected chi connectivity index (χ3v) is 6.63. The summed E-state index contributed by atoms with van der Waals surface area (Å²) in [4.78, 5) is 35.0. The quantitative estimate of drug-likeness (QED) is 0.442. The number of nitrogens with one attached hydrogen (secondary N) is 1. The van der Waals surface area contributed by atoms with Gasteiger partial charge in [-0.15, -0.1) is 0 Å². The topological polar surface area (TPSA) is 131 Å². The summed E-state index contributed by atoms with van der Waals surface area (Å²) < 4.78 is 19.8. The number of carbonyl (C=O) groups excluding carboxylic acids is 2. The standard InChI is InChI=1S/C26H27ClFN5O4/c1-37-26(36)33-9-7-15(8-10-33)21-13-30-24(29)23(31-21)17-5-6-19(20(28)12-17)25(35)32-22(14-34)16-3-2-4-18(27)11-16/h2-6,11-13,15,22,34H,7-10,14H2,1H3,(H2,29,30)(H,32,35). The van der Waals surface area contributed by atoms with E-state index in [0.29, 0.717) is 53.5 Å². The van der Waals surface area contributed by atoms with Crippen molar-refractivity contribution in [2.75, 3.05) is 32.5 Å². The molecule has 0 saturated carbocycles. The SMILES string of the molecule is COC(=O)N1CCC(c2cnc(N)c(-c3ccc(C(=O)NC(CO)c4cccc(Cl)c4)c(F)c3)n2)CC1. The molecule has 2 amide bonds. The maximum Gasteiger partial charge on any atom is 0.409 e. The van der Waals surface area contributed by atoms with Crippen LogP contribution >= 0.6 is 11.6 Å². The number of hydrogen-bond donors (Lipinski definition) is 3. The first-order valence-electron chi connectivity index (χ1n) is 11.7. The average molecular weight is 528 g/mol. The van der Waals surface area contributed by atoms with Crippen molar-refractivity contribution in [1.29, 1.82) is 0 Å². The summed E-state index contributed by atoms with van der Waals surface area (Å²) in [5.41, 5.74) is 7.84. The number of nitrogens with zero attached hydrogens (tertiary/aromatic N) is 3. The lowest BCUT2D eigenvalue weighted by molar-refractivity contribution is 0.0912. The molecule has 0 spiro atoms. The summed E-state index contributed by atoms with van der Waals surface area (Å²) in [6.45, 7) is 0.672. The lowest BCUT2D eigenvalue weighted by Gasteiger charge is -2.30. The molecule has 0 bridgehead atoms. The number of methoxy groups -OCH3 is 1. The molecule has 2 heterocycles. The zero-order valence-corrected chi connectivity index (χ0v) is 20.9. The molecule has 4 rings (SSSR count). The van der Waals surface area contributed by atoms with Gasteiger partial charge in [-0.1, -0.05) is 29.8 Å². The molecule has 1 aliphatic heterocycles. The lowest BCUT2D eigenvalue weighted by atomic mass is 9.93. The summed E-state index contributed by atoms with van der Waals surface area (Å²) in [6.07, 6.45) is 2.60. The van der Waals surface area contributed by atoms with E-state index in [-0.39, 0.29) is 30.0 Å². The van der Waals surface area contributed by atoms with Gasteiger partial charge in [0.25, 0.3) is 5.91 Å². The summed E-state index contributed by atoms with van der Waals surface area (Å²) in [6, 6.07) is 10.0. The van der Waals surface area contributed by atoms with Crippen LogP contribution in [-0.2, 0) is 4.74 Å². The van der Waals surface area contributed by atoms with Gasteiger partial charge >= 0.3 is 6.09 Å². The number of carbonyl (C=O) groups is 2. The maximum absolute atomic E-state index is 15.1. The molecule has 1 aliphatic rings. The van der Waals surface area contributed by atoms with Crippen molar-refractivity contribution in [2.24, 2.45) is 0 Å². The number of aliphatic hydroxyl groups is 1. The van der Waals surface area contributed by atoms with Crippen molar-refractivity contribution >= 4 is 29.4 Å². The monoisotopic (exact) mass is 527 g/mol. The number of hydrogen-bond acceptors (Lipinski definition) is 7. The van der Waals surface area contributed by atoms with Crippen LogP contribution in [0.4, 0.5) is 15.0 Å². The molecule has 11 heteroatoms. The molecule has 194 valence electrons. The molecule has 9 nitrogen and oxygen atoms in total. The first-order chi connectivity index (χ1) is 17.8. The minimum absolute atomic E-state index is 0.0598. The Morgan fingerprint density at radius 1 is 1.27 bits per heavy atom. The Bertz CT molecular complexity index is 1300. The largest absolute Gasteiger partial charge is 0.453 e. The number of likely N-dealkylation sites (tertiary alicyclic amines) is 1. The van der Waals surface area contributed by atoms with Crippen LogP contribution in [0.1, 0.15) is 46.4 Å². The van der Waals surface area contributed by atoms with E-state index in [0.717, 1.165) is 0 Å². The second kappa shape index (κ2) is 11.5. The molecule has 3 aromatic rings. The number of amides is 2. The summed E-state index contributed by atoms with van der Waals surface area (Å²) >= 11 is 6.00. The fourth-order valence-electron chi connectivity index (χ4n) is 4.35. The van der Waals surface area contributed by atoms with Crippen molar-refractivity contribution in [3.05, 3.63) is 76.3 Å². The number of aromatic nitrogens is 2. The van der Waals surface area contributed by atoms with Crippen LogP contribution in [0, 0.1) is 5.82 Å². The maximum atomic E-state index is 15.1. The van der Waals surface area contributed by atoms with Crippen LogP contribution in [-0.4, -0.2) is 58.8 Å². The van der Waals surface area contributed by atoms with Crippen molar-refractivity contribution in [1.82, 2.24) is 20.2 Å². The van der Waals surface area contributed by atoms with Gasteiger partial charge in [-0.25, -0.2) is 19.2 Å². The highest BCUT2D eigenvalue weighted by molar-refractivity contribution is 6.30. The Morgan fingerprint density at radius 2 is 2.03 bits per heavy atom. The number of halogens is 2. The van der Waals surface area contributed by atoms with Gasteiger partial charge < -0.3 is 25.8 Å². The number of nitrogen functional groups attached to an aromatic ring is 1. The molecule has 1 aromatic heterocycles. The molecule has 1 unspecified atom stereocenters. The molecule has 2 aromatic carbocycles. The van der Waals surface area contributed by atoms with Crippen molar-refractivity contribution in [3.8, 4) is 11.3 Å². The molecule has 1 saturated heterocycles. The number of aliphatic hydroxyl groups excluding tert-OH is 1. The van der Waals surface area contributed by atoms with Crippen LogP contribution < -0.4 is 11.1 Å². The Balaban J connectivity index is 1.51. The number of anilines is 1. The summed E-state index contributed by atoms with van der Waals surface area (Å²) in [7, 11) is 1.35. The highest BCUT2D eigenvalue weighted by atomic mass is 35.5. The molecule has 0 radical (unpaired) electrons. The second-order valence-corrected chi connectivity index (χ2v) is 9.15. The first kappa shape index (κ1) is 26.3.